The van der Waals surface area contributed by atoms with Gasteiger partial charge in [0.05, 0.1) is 0 Å². The maximum Gasteiger partial charge on any atom is 0.312 e. The minimum absolute atomic E-state index is 0.343. The van der Waals surface area contributed by atoms with Crippen LogP contribution in [0, 0.1) is 0 Å². The normalized spacial score (nSPS) is 19.4. The zero-order chi connectivity index (χ0) is 11.0. The molecule has 1 aromatic carbocycles. The molecule has 0 aliphatic carbocycles. The van der Waals surface area contributed by atoms with E-state index in [1.165, 1.54) is 0 Å². The Bertz CT molecular complexity index is 387. The minimum Gasteiger partial charge on any atom is -0.481 e. The smallest absolute Gasteiger partial charge is 0.312 e. The first-order chi connectivity index (χ1) is 7.11. The SMILES string of the molecule is CC(C)N1CC(C(=O)O)c2ccccc21. The van der Waals surface area contributed by atoms with Crippen LogP contribution in [0.4, 0.5) is 5.69 Å². The molecule has 1 unspecified atom stereocenters. The number of anilines is 1. The Morgan fingerprint density at radius 3 is 2.73 bits per heavy atom. The highest BCUT2D eigenvalue weighted by molar-refractivity contribution is 5.83. The summed E-state index contributed by atoms with van der Waals surface area (Å²) in [5.41, 5.74) is 2.01. The van der Waals surface area contributed by atoms with Gasteiger partial charge in [-0.2, -0.15) is 0 Å². The number of fused-ring (bicyclic) bond motifs is 1. The molecule has 1 aromatic rings. The number of carboxylic acids is 1. The van der Waals surface area contributed by atoms with Gasteiger partial charge in [0.2, 0.25) is 0 Å². The summed E-state index contributed by atoms with van der Waals surface area (Å²) in [7, 11) is 0. The molecule has 0 bridgehead atoms. The second-order valence-electron chi connectivity index (χ2n) is 4.20. The van der Waals surface area contributed by atoms with Crippen molar-refractivity contribution in [2.45, 2.75) is 25.8 Å². The maximum absolute atomic E-state index is 11.1. The standard InChI is InChI=1S/C12H15NO2/c1-8(2)13-7-10(12(14)15)9-5-3-4-6-11(9)13/h3-6,8,10H,7H2,1-2H3,(H,14,15). The van der Waals surface area contributed by atoms with E-state index in [4.69, 9.17) is 5.11 Å². The summed E-state index contributed by atoms with van der Waals surface area (Å²) < 4.78 is 0. The van der Waals surface area contributed by atoms with E-state index in [9.17, 15) is 4.79 Å². The van der Waals surface area contributed by atoms with Gasteiger partial charge >= 0.3 is 5.97 Å². The molecule has 0 aromatic heterocycles. The second-order valence-corrected chi connectivity index (χ2v) is 4.20. The molecule has 80 valence electrons. The van der Waals surface area contributed by atoms with Crippen LogP contribution in [-0.4, -0.2) is 23.7 Å². The quantitative estimate of drug-likeness (QED) is 0.803. The Morgan fingerprint density at radius 1 is 1.47 bits per heavy atom. The number of nitrogens with zero attached hydrogens (tertiary/aromatic N) is 1. The van der Waals surface area contributed by atoms with Crippen LogP contribution in [0.15, 0.2) is 24.3 Å². The van der Waals surface area contributed by atoms with Gasteiger partial charge in [-0.05, 0) is 25.5 Å². The van der Waals surface area contributed by atoms with Crippen LogP contribution < -0.4 is 4.90 Å². The van der Waals surface area contributed by atoms with E-state index >= 15 is 0 Å². The zero-order valence-electron chi connectivity index (χ0n) is 8.97. The van der Waals surface area contributed by atoms with E-state index in [2.05, 4.69) is 18.7 Å². The molecular weight excluding hydrogens is 190 g/mol. The van der Waals surface area contributed by atoms with E-state index in [0.717, 1.165) is 11.3 Å². The van der Waals surface area contributed by atoms with Crippen LogP contribution in [0.5, 0.6) is 0 Å². The Kier molecular flexibility index (Phi) is 2.39. The van der Waals surface area contributed by atoms with Crippen LogP contribution in [0.2, 0.25) is 0 Å². The molecule has 0 spiro atoms. The predicted octanol–water partition coefficient (Wildman–Crippen LogP) is 2.08. The maximum atomic E-state index is 11.1. The number of aliphatic carboxylic acids is 1. The highest BCUT2D eigenvalue weighted by Crippen LogP contribution is 2.37. The van der Waals surface area contributed by atoms with E-state index in [1.807, 2.05) is 24.3 Å². The third kappa shape index (κ3) is 1.58. The molecule has 0 saturated heterocycles. The molecular formula is C12H15NO2. The van der Waals surface area contributed by atoms with Gasteiger partial charge in [0.25, 0.3) is 0 Å². The third-order valence-corrected chi connectivity index (χ3v) is 2.92. The van der Waals surface area contributed by atoms with Gasteiger partial charge in [-0.1, -0.05) is 18.2 Å². The summed E-state index contributed by atoms with van der Waals surface area (Å²) in [5, 5.41) is 9.13. The molecule has 3 nitrogen and oxygen atoms in total. The van der Waals surface area contributed by atoms with Crippen molar-refractivity contribution in [2.24, 2.45) is 0 Å². The van der Waals surface area contributed by atoms with Gasteiger partial charge in [0.1, 0.15) is 5.92 Å². The number of hydrogen-bond acceptors (Lipinski definition) is 2. The summed E-state index contributed by atoms with van der Waals surface area (Å²) in [5.74, 6) is -1.10. The van der Waals surface area contributed by atoms with Crippen molar-refractivity contribution in [1.82, 2.24) is 0 Å². The van der Waals surface area contributed by atoms with Crippen LogP contribution in [0.1, 0.15) is 25.3 Å². The Morgan fingerprint density at radius 2 is 2.13 bits per heavy atom. The summed E-state index contributed by atoms with van der Waals surface area (Å²) in [6.45, 7) is 4.76. The first-order valence-electron chi connectivity index (χ1n) is 5.19. The van der Waals surface area contributed by atoms with Crippen LogP contribution in [0.3, 0.4) is 0 Å². The fourth-order valence-corrected chi connectivity index (χ4v) is 2.14. The predicted molar refractivity (Wildman–Crippen MR) is 59.3 cm³/mol. The third-order valence-electron chi connectivity index (χ3n) is 2.92. The lowest BCUT2D eigenvalue weighted by molar-refractivity contribution is -0.138. The average molecular weight is 205 g/mol. The highest BCUT2D eigenvalue weighted by atomic mass is 16.4. The molecule has 0 fully saturated rings. The number of benzene rings is 1. The number of para-hydroxylation sites is 1. The Balaban J connectivity index is 2.44. The van der Waals surface area contributed by atoms with Gasteiger partial charge < -0.3 is 10.0 Å². The number of rotatable bonds is 2. The highest BCUT2D eigenvalue weighted by Gasteiger charge is 2.33. The molecule has 3 heteroatoms. The number of carbonyl (C=O) groups is 1. The summed E-state index contributed by atoms with van der Waals surface area (Å²) in [6.07, 6.45) is 0. The van der Waals surface area contributed by atoms with Crippen molar-refractivity contribution < 1.29 is 9.90 Å². The molecule has 1 aliphatic heterocycles. The van der Waals surface area contributed by atoms with Crippen molar-refractivity contribution in [3.8, 4) is 0 Å². The Hall–Kier alpha value is -1.51. The van der Waals surface area contributed by atoms with Gasteiger partial charge in [0, 0.05) is 18.3 Å². The minimum atomic E-state index is -0.731. The second kappa shape index (κ2) is 3.57. The molecule has 1 aliphatic rings. The Labute approximate surface area is 89.3 Å². The number of hydrogen-bond donors (Lipinski definition) is 1. The van der Waals surface area contributed by atoms with Crippen molar-refractivity contribution in [3.05, 3.63) is 29.8 Å². The van der Waals surface area contributed by atoms with Gasteiger partial charge in [-0.3, -0.25) is 4.79 Å². The molecule has 1 heterocycles. The molecule has 0 radical (unpaired) electrons. The lowest BCUT2D eigenvalue weighted by Crippen LogP contribution is -2.30. The van der Waals surface area contributed by atoms with Crippen LogP contribution >= 0.6 is 0 Å². The van der Waals surface area contributed by atoms with Crippen molar-refractivity contribution in [1.29, 1.82) is 0 Å². The molecule has 0 saturated carbocycles. The number of carboxylic acid groups (broad SMARTS) is 1. The first kappa shape index (κ1) is 10.0. The van der Waals surface area contributed by atoms with Gasteiger partial charge in [0.15, 0.2) is 0 Å². The summed E-state index contributed by atoms with van der Waals surface area (Å²) >= 11 is 0. The molecule has 2 rings (SSSR count). The summed E-state index contributed by atoms with van der Waals surface area (Å²) in [4.78, 5) is 13.3. The zero-order valence-corrected chi connectivity index (χ0v) is 8.97. The van der Waals surface area contributed by atoms with Crippen LogP contribution in [0.25, 0.3) is 0 Å². The lowest BCUT2D eigenvalue weighted by Gasteiger charge is -2.23. The topological polar surface area (TPSA) is 40.5 Å². The van der Waals surface area contributed by atoms with E-state index in [0.29, 0.717) is 12.6 Å². The van der Waals surface area contributed by atoms with E-state index in [1.54, 1.807) is 0 Å². The van der Waals surface area contributed by atoms with Crippen LogP contribution in [-0.2, 0) is 4.79 Å². The van der Waals surface area contributed by atoms with Crippen molar-refractivity contribution >= 4 is 11.7 Å². The van der Waals surface area contributed by atoms with E-state index < -0.39 is 5.97 Å². The lowest BCUT2D eigenvalue weighted by atomic mass is 10.0. The monoisotopic (exact) mass is 205 g/mol. The van der Waals surface area contributed by atoms with Crippen molar-refractivity contribution in [2.75, 3.05) is 11.4 Å². The average Bonchev–Trinajstić information content (AvgIpc) is 2.56. The fraction of sp³-hybridized carbons (Fsp3) is 0.417. The van der Waals surface area contributed by atoms with E-state index in [-0.39, 0.29) is 5.92 Å². The molecule has 1 N–H and O–H groups in total. The fourth-order valence-electron chi connectivity index (χ4n) is 2.14. The summed E-state index contributed by atoms with van der Waals surface area (Å²) in [6, 6.07) is 8.11. The first-order valence-corrected chi connectivity index (χ1v) is 5.19. The largest absolute Gasteiger partial charge is 0.481 e. The molecule has 15 heavy (non-hydrogen) atoms. The molecule has 0 amide bonds. The van der Waals surface area contributed by atoms with Gasteiger partial charge in [-0.25, -0.2) is 0 Å². The van der Waals surface area contributed by atoms with Gasteiger partial charge in [-0.15, -0.1) is 0 Å². The van der Waals surface area contributed by atoms with Crippen molar-refractivity contribution in [3.63, 3.8) is 0 Å². The molecule has 1 atom stereocenters.